The maximum absolute atomic E-state index is 13.6. The molecule has 0 saturated carbocycles. The molecule has 2 N–H and O–H groups in total. The molecule has 0 aliphatic heterocycles. The topological polar surface area (TPSA) is 78.8 Å². The fourth-order valence-corrected chi connectivity index (χ4v) is 2.96. The highest BCUT2D eigenvalue weighted by Crippen LogP contribution is 2.22. The standard InChI is InChI=1S/C14H13FN2O3S/c1-10(16-18)11-6-2-4-8-13(11)17-21(19,20)14-9-5-3-7-12(14)15/h2-9,17-18H,1H3/b16-10+. The van der Waals surface area contributed by atoms with E-state index >= 15 is 0 Å². The molecule has 0 saturated heterocycles. The zero-order chi connectivity index (χ0) is 15.5. The Kier molecular flexibility index (Phi) is 4.23. The molecule has 21 heavy (non-hydrogen) atoms. The summed E-state index contributed by atoms with van der Waals surface area (Å²) in [5.41, 5.74) is 0.845. The van der Waals surface area contributed by atoms with Crippen molar-refractivity contribution in [2.45, 2.75) is 11.8 Å². The average molecular weight is 308 g/mol. The first-order valence-corrected chi connectivity index (χ1v) is 7.49. The Morgan fingerprint density at radius 1 is 1.14 bits per heavy atom. The molecule has 0 aliphatic carbocycles. The Hall–Kier alpha value is -2.41. The van der Waals surface area contributed by atoms with Gasteiger partial charge in [-0.05, 0) is 25.1 Å². The fourth-order valence-electron chi connectivity index (χ4n) is 1.80. The van der Waals surface area contributed by atoms with Crippen molar-refractivity contribution in [2.75, 3.05) is 4.72 Å². The minimum absolute atomic E-state index is 0.205. The van der Waals surface area contributed by atoms with E-state index in [1.165, 1.54) is 31.2 Å². The van der Waals surface area contributed by atoms with E-state index in [1.54, 1.807) is 18.2 Å². The summed E-state index contributed by atoms with van der Waals surface area (Å²) in [4.78, 5) is -0.446. The molecule has 0 bridgehead atoms. The van der Waals surface area contributed by atoms with E-state index in [-0.39, 0.29) is 11.4 Å². The molecule has 0 heterocycles. The lowest BCUT2D eigenvalue weighted by Crippen LogP contribution is -2.16. The van der Waals surface area contributed by atoms with Crippen molar-refractivity contribution >= 4 is 21.4 Å². The van der Waals surface area contributed by atoms with Crippen LogP contribution in [0.4, 0.5) is 10.1 Å². The van der Waals surface area contributed by atoms with Crippen molar-refractivity contribution in [2.24, 2.45) is 5.16 Å². The van der Waals surface area contributed by atoms with Crippen molar-refractivity contribution in [3.8, 4) is 0 Å². The smallest absolute Gasteiger partial charge is 0.264 e. The molecule has 0 spiro atoms. The Labute approximate surface area is 121 Å². The van der Waals surface area contributed by atoms with Crippen LogP contribution in [0, 0.1) is 5.82 Å². The third kappa shape index (κ3) is 3.19. The van der Waals surface area contributed by atoms with Crippen LogP contribution in [-0.4, -0.2) is 19.3 Å². The van der Waals surface area contributed by atoms with Gasteiger partial charge in [-0.25, -0.2) is 12.8 Å². The van der Waals surface area contributed by atoms with E-state index in [0.29, 0.717) is 5.56 Å². The summed E-state index contributed by atoms with van der Waals surface area (Å²) in [5.74, 6) is -0.838. The van der Waals surface area contributed by atoms with Crippen molar-refractivity contribution in [1.29, 1.82) is 0 Å². The number of oxime groups is 1. The fraction of sp³-hybridized carbons (Fsp3) is 0.0714. The van der Waals surface area contributed by atoms with Crippen molar-refractivity contribution < 1.29 is 18.0 Å². The number of para-hydroxylation sites is 1. The predicted octanol–water partition coefficient (Wildman–Crippen LogP) is 2.82. The Bertz CT molecular complexity index is 788. The number of hydrogen-bond donors (Lipinski definition) is 2. The highest BCUT2D eigenvalue weighted by Gasteiger charge is 2.20. The van der Waals surface area contributed by atoms with Crippen LogP contribution in [0.1, 0.15) is 12.5 Å². The normalized spacial score (nSPS) is 12.2. The number of nitrogens with one attached hydrogen (secondary N) is 1. The molecule has 7 heteroatoms. The summed E-state index contributed by atoms with van der Waals surface area (Å²) >= 11 is 0. The summed E-state index contributed by atoms with van der Waals surface area (Å²) in [7, 11) is -4.07. The Balaban J connectivity index is 2.46. The number of hydrogen-bond acceptors (Lipinski definition) is 4. The number of benzene rings is 2. The zero-order valence-electron chi connectivity index (χ0n) is 11.1. The van der Waals surface area contributed by atoms with E-state index < -0.39 is 20.7 Å². The van der Waals surface area contributed by atoms with E-state index in [2.05, 4.69) is 9.88 Å². The van der Waals surface area contributed by atoms with Crippen molar-refractivity contribution in [3.05, 3.63) is 59.9 Å². The number of halogens is 1. The Morgan fingerprint density at radius 3 is 2.43 bits per heavy atom. The van der Waals surface area contributed by atoms with Gasteiger partial charge < -0.3 is 5.21 Å². The summed E-state index contributed by atoms with van der Waals surface area (Å²) in [6.45, 7) is 1.52. The zero-order valence-corrected chi connectivity index (χ0v) is 11.9. The third-order valence-electron chi connectivity index (χ3n) is 2.84. The van der Waals surface area contributed by atoms with Crippen molar-refractivity contribution in [1.82, 2.24) is 0 Å². The highest BCUT2D eigenvalue weighted by atomic mass is 32.2. The van der Waals surface area contributed by atoms with Crippen LogP contribution in [0.15, 0.2) is 58.6 Å². The molecular formula is C14H13FN2O3S. The lowest BCUT2D eigenvalue weighted by molar-refractivity contribution is 0.319. The van der Waals surface area contributed by atoms with Crippen LogP contribution in [0.25, 0.3) is 0 Å². The first kappa shape index (κ1) is 15.0. The highest BCUT2D eigenvalue weighted by molar-refractivity contribution is 7.92. The van der Waals surface area contributed by atoms with E-state index in [0.717, 1.165) is 6.07 Å². The van der Waals surface area contributed by atoms with Gasteiger partial charge in [0.2, 0.25) is 0 Å². The third-order valence-corrected chi connectivity index (χ3v) is 4.24. The van der Waals surface area contributed by atoms with Gasteiger partial charge in [0, 0.05) is 5.56 Å². The minimum atomic E-state index is -4.07. The molecule has 5 nitrogen and oxygen atoms in total. The lowest BCUT2D eigenvalue weighted by Gasteiger charge is -2.12. The molecule has 2 rings (SSSR count). The second-order valence-corrected chi connectivity index (χ2v) is 5.92. The molecule has 0 atom stereocenters. The van der Waals surface area contributed by atoms with Gasteiger partial charge in [0.15, 0.2) is 0 Å². The van der Waals surface area contributed by atoms with Gasteiger partial charge in [-0.2, -0.15) is 0 Å². The van der Waals surface area contributed by atoms with Crippen LogP contribution in [0.3, 0.4) is 0 Å². The molecule has 0 fully saturated rings. The first-order chi connectivity index (χ1) is 9.95. The first-order valence-electron chi connectivity index (χ1n) is 6.01. The van der Waals surface area contributed by atoms with Crippen LogP contribution in [0.5, 0.6) is 0 Å². The number of sulfonamides is 1. The molecule has 2 aromatic carbocycles. The average Bonchev–Trinajstić information content (AvgIpc) is 2.47. The molecule has 0 radical (unpaired) electrons. The molecule has 0 aliphatic rings. The lowest BCUT2D eigenvalue weighted by atomic mass is 10.1. The summed E-state index contributed by atoms with van der Waals surface area (Å²) in [6.07, 6.45) is 0. The van der Waals surface area contributed by atoms with Crippen LogP contribution >= 0.6 is 0 Å². The molecule has 2 aromatic rings. The van der Waals surface area contributed by atoms with Gasteiger partial charge in [0.1, 0.15) is 10.7 Å². The Morgan fingerprint density at radius 2 is 1.76 bits per heavy atom. The van der Waals surface area contributed by atoms with E-state index in [9.17, 15) is 12.8 Å². The number of nitrogens with zero attached hydrogens (tertiary/aromatic N) is 1. The van der Waals surface area contributed by atoms with Crippen LogP contribution in [-0.2, 0) is 10.0 Å². The van der Waals surface area contributed by atoms with Crippen LogP contribution < -0.4 is 4.72 Å². The summed E-state index contributed by atoms with van der Waals surface area (Å²) in [6, 6.07) is 11.5. The van der Waals surface area contributed by atoms with Gasteiger partial charge in [0.05, 0.1) is 11.4 Å². The van der Waals surface area contributed by atoms with Gasteiger partial charge in [0.25, 0.3) is 10.0 Å². The second kappa shape index (κ2) is 5.92. The van der Waals surface area contributed by atoms with Gasteiger partial charge in [-0.3, -0.25) is 4.72 Å². The maximum Gasteiger partial charge on any atom is 0.264 e. The molecule has 0 unspecified atom stereocenters. The largest absolute Gasteiger partial charge is 0.411 e. The van der Waals surface area contributed by atoms with E-state index in [4.69, 9.17) is 5.21 Å². The van der Waals surface area contributed by atoms with E-state index in [1.807, 2.05) is 0 Å². The second-order valence-electron chi connectivity index (χ2n) is 4.27. The van der Waals surface area contributed by atoms with Crippen LogP contribution in [0.2, 0.25) is 0 Å². The number of anilines is 1. The van der Waals surface area contributed by atoms with Gasteiger partial charge in [-0.1, -0.05) is 35.5 Å². The quantitative estimate of drug-likeness (QED) is 0.518. The SMILES string of the molecule is C/C(=N\O)c1ccccc1NS(=O)(=O)c1ccccc1F. The van der Waals surface area contributed by atoms with Gasteiger partial charge in [-0.15, -0.1) is 0 Å². The molecule has 0 aromatic heterocycles. The monoisotopic (exact) mass is 308 g/mol. The molecule has 110 valence electrons. The van der Waals surface area contributed by atoms with Crippen molar-refractivity contribution in [3.63, 3.8) is 0 Å². The number of rotatable bonds is 4. The summed E-state index contributed by atoms with van der Waals surface area (Å²) in [5, 5.41) is 11.9. The minimum Gasteiger partial charge on any atom is -0.411 e. The van der Waals surface area contributed by atoms with Gasteiger partial charge >= 0.3 is 0 Å². The maximum atomic E-state index is 13.6. The summed E-state index contributed by atoms with van der Waals surface area (Å²) < 4.78 is 40.4. The molecular weight excluding hydrogens is 295 g/mol. The molecule has 0 amide bonds. The predicted molar refractivity (Wildman–Crippen MR) is 77.6 cm³/mol.